The SMILES string of the molecule is CSc1c(CC(=O)O)ccc2[nH]c3ccccc3c12. The average Bonchev–Trinajstić information content (AvgIpc) is 2.77. The van der Waals surface area contributed by atoms with Gasteiger partial charge >= 0.3 is 5.97 Å². The fraction of sp³-hybridized carbons (Fsp3) is 0.133. The molecular weight excluding hydrogens is 258 g/mol. The fourth-order valence-electron chi connectivity index (χ4n) is 2.49. The van der Waals surface area contributed by atoms with Crippen molar-refractivity contribution < 1.29 is 9.90 Å². The number of thioether (sulfide) groups is 1. The number of aromatic nitrogens is 1. The average molecular weight is 271 g/mol. The number of rotatable bonds is 3. The number of aliphatic carboxylic acids is 1. The van der Waals surface area contributed by atoms with Crippen LogP contribution >= 0.6 is 11.8 Å². The predicted molar refractivity (Wildman–Crippen MR) is 78.9 cm³/mol. The summed E-state index contributed by atoms with van der Waals surface area (Å²) >= 11 is 1.60. The minimum atomic E-state index is -0.797. The fourth-order valence-corrected chi connectivity index (χ4v) is 3.31. The number of benzene rings is 2. The van der Waals surface area contributed by atoms with E-state index in [4.69, 9.17) is 5.11 Å². The van der Waals surface area contributed by atoms with Crippen LogP contribution in [0.3, 0.4) is 0 Å². The summed E-state index contributed by atoms with van der Waals surface area (Å²) in [5.74, 6) is -0.797. The summed E-state index contributed by atoms with van der Waals surface area (Å²) in [6, 6.07) is 12.0. The molecule has 1 heterocycles. The van der Waals surface area contributed by atoms with Crippen LogP contribution < -0.4 is 0 Å². The first-order chi connectivity index (χ1) is 9.20. The number of hydrogen-bond donors (Lipinski definition) is 2. The highest BCUT2D eigenvalue weighted by molar-refractivity contribution is 7.98. The molecule has 2 aromatic carbocycles. The third-order valence-electron chi connectivity index (χ3n) is 3.25. The number of H-pyrrole nitrogens is 1. The van der Waals surface area contributed by atoms with Gasteiger partial charge < -0.3 is 10.1 Å². The number of para-hydroxylation sites is 1. The van der Waals surface area contributed by atoms with Crippen LogP contribution in [0.15, 0.2) is 41.3 Å². The molecule has 0 saturated carbocycles. The quantitative estimate of drug-likeness (QED) is 0.715. The number of hydrogen-bond acceptors (Lipinski definition) is 2. The van der Waals surface area contributed by atoms with E-state index in [-0.39, 0.29) is 6.42 Å². The summed E-state index contributed by atoms with van der Waals surface area (Å²) < 4.78 is 0. The van der Waals surface area contributed by atoms with Gasteiger partial charge in [-0.15, -0.1) is 11.8 Å². The second kappa shape index (κ2) is 4.63. The van der Waals surface area contributed by atoms with Crippen molar-refractivity contribution in [3.63, 3.8) is 0 Å². The number of carbonyl (C=O) groups is 1. The molecular formula is C15H13NO2S. The normalized spacial score (nSPS) is 11.2. The Kier molecular flexibility index (Phi) is 2.95. The molecule has 0 spiro atoms. The lowest BCUT2D eigenvalue weighted by atomic mass is 10.1. The Labute approximate surface area is 114 Å². The van der Waals surface area contributed by atoms with Gasteiger partial charge in [0.1, 0.15) is 0 Å². The molecule has 0 aliphatic rings. The zero-order valence-electron chi connectivity index (χ0n) is 10.4. The van der Waals surface area contributed by atoms with Gasteiger partial charge in [0.15, 0.2) is 0 Å². The van der Waals surface area contributed by atoms with Gasteiger partial charge in [0.2, 0.25) is 0 Å². The van der Waals surface area contributed by atoms with Gasteiger partial charge in [-0.2, -0.15) is 0 Å². The number of fused-ring (bicyclic) bond motifs is 3. The van der Waals surface area contributed by atoms with Gasteiger partial charge in [0.05, 0.1) is 6.42 Å². The highest BCUT2D eigenvalue weighted by Gasteiger charge is 2.13. The van der Waals surface area contributed by atoms with Crippen LogP contribution in [0, 0.1) is 0 Å². The van der Waals surface area contributed by atoms with E-state index in [1.165, 1.54) is 0 Å². The Bertz CT molecular complexity index is 776. The lowest BCUT2D eigenvalue weighted by molar-refractivity contribution is -0.136. The van der Waals surface area contributed by atoms with Crippen molar-refractivity contribution in [1.82, 2.24) is 4.98 Å². The Morgan fingerprint density at radius 3 is 2.74 bits per heavy atom. The second-order valence-electron chi connectivity index (χ2n) is 4.42. The number of carboxylic acids is 1. The van der Waals surface area contributed by atoms with Crippen LogP contribution in [0.5, 0.6) is 0 Å². The van der Waals surface area contributed by atoms with Crippen molar-refractivity contribution in [3.8, 4) is 0 Å². The Hall–Kier alpha value is -1.94. The minimum Gasteiger partial charge on any atom is -0.481 e. The molecule has 0 bridgehead atoms. The van der Waals surface area contributed by atoms with Crippen molar-refractivity contribution in [2.75, 3.05) is 6.26 Å². The third kappa shape index (κ3) is 1.98. The van der Waals surface area contributed by atoms with E-state index >= 15 is 0 Å². The van der Waals surface area contributed by atoms with Gasteiger partial charge in [-0.3, -0.25) is 4.79 Å². The van der Waals surface area contributed by atoms with E-state index in [9.17, 15) is 4.79 Å². The highest BCUT2D eigenvalue weighted by Crippen LogP contribution is 2.35. The number of aromatic amines is 1. The molecule has 0 fully saturated rings. The van der Waals surface area contributed by atoms with E-state index < -0.39 is 5.97 Å². The van der Waals surface area contributed by atoms with Gasteiger partial charge in [0.25, 0.3) is 0 Å². The maximum atomic E-state index is 11.0. The first kappa shape index (κ1) is 12.1. The summed E-state index contributed by atoms with van der Waals surface area (Å²) in [5, 5.41) is 11.3. The summed E-state index contributed by atoms with van der Waals surface area (Å²) in [7, 11) is 0. The molecule has 0 atom stereocenters. The molecule has 3 rings (SSSR count). The maximum Gasteiger partial charge on any atom is 0.307 e. The van der Waals surface area contributed by atoms with E-state index in [1.54, 1.807) is 11.8 Å². The first-order valence-electron chi connectivity index (χ1n) is 5.99. The molecule has 96 valence electrons. The lowest BCUT2D eigenvalue weighted by Gasteiger charge is -2.07. The standard InChI is InChI=1S/C15H13NO2S/c1-19-15-9(8-13(17)18)6-7-12-14(15)10-4-2-3-5-11(10)16-12/h2-7,16H,8H2,1H3,(H,17,18). The third-order valence-corrected chi connectivity index (χ3v) is 4.13. The predicted octanol–water partition coefficient (Wildman–Crippen LogP) is 3.67. The highest BCUT2D eigenvalue weighted by atomic mass is 32.2. The molecule has 0 amide bonds. The largest absolute Gasteiger partial charge is 0.481 e. The molecule has 0 saturated heterocycles. The van der Waals surface area contributed by atoms with E-state index in [1.807, 2.05) is 36.6 Å². The van der Waals surface area contributed by atoms with Gasteiger partial charge in [0, 0.05) is 26.7 Å². The number of carboxylic acid groups (broad SMARTS) is 1. The zero-order chi connectivity index (χ0) is 13.4. The van der Waals surface area contributed by atoms with E-state index in [0.29, 0.717) is 0 Å². The van der Waals surface area contributed by atoms with Crippen molar-refractivity contribution in [3.05, 3.63) is 42.0 Å². The first-order valence-corrected chi connectivity index (χ1v) is 7.21. The van der Waals surface area contributed by atoms with E-state index in [2.05, 4.69) is 11.1 Å². The van der Waals surface area contributed by atoms with Crippen molar-refractivity contribution in [1.29, 1.82) is 0 Å². The Balaban J connectivity index is 2.37. The monoisotopic (exact) mass is 271 g/mol. The summed E-state index contributed by atoms with van der Waals surface area (Å²) in [6.07, 6.45) is 2.05. The Morgan fingerprint density at radius 1 is 1.21 bits per heavy atom. The zero-order valence-corrected chi connectivity index (χ0v) is 11.3. The van der Waals surface area contributed by atoms with Crippen LogP contribution in [-0.4, -0.2) is 22.3 Å². The lowest BCUT2D eigenvalue weighted by Crippen LogP contribution is -2.01. The second-order valence-corrected chi connectivity index (χ2v) is 5.24. The van der Waals surface area contributed by atoms with Crippen molar-refractivity contribution >= 4 is 39.5 Å². The minimum absolute atomic E-state index is 0.0611. The van der Waals surface area contributed by atoms with Crippen molar-refractivity contribution in [2.45, 2.75) is 11.3 Å². The molecule has 3 aromatic rings. The Morgan fingerprint density at radius 2 is 2.00 bits per heavy atom. The summed E-state index contributed by atoms with van der Waals surface area (Å²) in [4.78, 5) is 15.4. The summed E-state index contributed by atoms with van der Waals surface area (Å²) in [5.41, 5.74) is 3.01. The smallest absolute Gasteiger partial charge is 0.307 e. The molecule has 0 unspecified atom stereocenters. The van der Waals surface area contributed by atoms with E-state index in [0.717, 1.165) is 32.3 Å². The molecule has 19 heavy (non-hydrogen) atoms. The topological polar surface area (TPSA) is 53.1 Å². The van der Waals surface area contributed by atoms with Crippen LogP contribution in [0.2, 0.25) is 0 Å². The molecule has 0 aliphatic heterocycles. The summed E-state index contributed by atoms with van der Waals surface area (Å²) in [6.45, 7) is 0. The molecule has 2 N–H and O–H groups in total. The van der Waals surface area contributed by atoms with Crippen LogP contribution in [-0.2, 0) is 11.2 Å². The number of nitrogens with one attached hydrogen (secondary N) is 1. The molecule has 0 aliphatic carbocycles. The van der Waals surface area contributed by atoms with Crippen LogP contribution in [0.25, 0.3) is 21.8 Å². The molecule has 0 radical (unpaired) electrons. The van der Waals surface area contributed by atoms with Crippen LogP contribution in [0.1, 0.15) is 5.56 Å². The van der Waals surface area contributed by atoms with Crippen LogP contribution in [0.4, 0.5) is 0 Å². The van der Waals surface area contributed by atoms with Crippen molar-refractivity contribution in [2.24, 2.45) is 0 Å². The van der Waals surface area contributed by atoms with Gasteiger partial charge in [-0.1, -0.05) is 24.3 Å². The molecule has 1 aromatic heterocycles. The molecule has 4 heteroatoms. The van der Waals surface area contributed by atoms with Gasteiger partial charge in [-0.25, -0.2) is 0 Å². The maximum absolute atomic E-state index is 11.0. The van der Waals surface area contributed by atoms with Gasteiger partial charge in [-0.05, 0) is 24.0 Å². The molecule has 3 nitrogen and oxygen atoms in total.